The summed E-state index contributed by atoms with van der Waals surface area (Å²) in [4.78, 5) is 0. The maximum atomic E-state index is 13.7. The molecule has 0 aliphatic heterocycles. The molecule has 0 spiro atoms. The van der Waals surface area contributed by atoms with Crippen molar-refractivity contribution in [1.29, 1.82) is 0 Å². The molecule has 2 aromatic rings. The van der Waals surface area contributed by atoms with Crippen LogP contribution < -0.4 is 0 Å². The van der Waals surface area contributed by atoms with Crippen LogP contribution in [0.4, 0.5) is 22.0 Å². The zero-order chi connectivity index (χ0) is 14.3. The molecule has 0 unspecified atom stereocenters. The minimum Gasteiger partial charge on any atom is -0.207 e. The molecule has 2 rings (SSSR count). The minimum absolute atomic E-state index is 0.254. The minimum atomic E-state index is -1.53. The summed E-state index contributed by atoms with van der Waals surface area (Å²) in [5.41, 5.74) is -1.64. The van der Waals surface area contributed by atoms with Crippen molar-refractivity contribution in [3.63, 3.8) is 0 Å². The van der Waals surface area contributed by atoms with E-state index in [-0.39, 0.29) is 11.1 Å². The molecular formula is C14H9F5. The summed E-state index contributed by atoms with van der Waals surface area (Å²) in [6, 6.07) is 3.32. The average Bonchev–Trinajstić information content (AvgIpc) is 2.38. The molecule has 0 bridgehead atoms. The maximum Gasteiger partial charge on any atom is 0.170 e. The lowest BCUT2D eigenvalue weighted by Crippen LogP contribution is -2.03. The van der Waals surface area contributed by atoms with Crippen LogP contribution in [0.25, 0.3) is 11.1 Å². The highest BCUT2D eigenvalue weighted by atomic mass is 19.2. The zero-order valence-corrected chi connectivity index (χ0v) is 10.1. The summed E-state index contributed by atoms with van der Waals surface area (Å²) in [7, 11) is 0. The Hall–Kier alpha value is -1.91. The first-order chi connectivity index (χ1) is 8.84. The smallest absolute Gasteiger partial charge is 0.170 e. The fourth-order valence-corrected chi connectivity index (χ4v) is 1.74. The third-order valence-corrected chi connectivity index (χ3v) is 2.94. The van der Waals surface area contributed by atoms with Crippen LogP contribution in [0.1, 0.15) is 11.1 Å². The number of benzene rings is 2. The Balaban J connectivity index is 2.79. The molecule has 2 aromatic carbocycles. The molecule has 0 N–H and O–H groups in total. The highest BCUT2D eigenvalue weighted by Gasteiger charge is 2.24. The van der Waals surface area contributed by atoms with Gasteiger partial charge in [0, 0.05) is 5.56 Å². The van der Waals surface area contributed by atoms with E-state index in [4.69, 9.17) is 0 Å². The van der Waals surface area contributed by atoms with E-state index in [0.29, 0.717) is 0 Å². The number of hydrogen-bond donors (Lipinski definition) is 0. The Bertz CT molecular complexity index is 632. The van der Waals surface area contributed by atoms with Crippen molar-refractivity contribution < 1.29 is 22.0 Å². The topological polar surface area (TPSA) is 0 Å². The number of halogens is 5. The molecular weight excluding hydrogens is 263 g/mol. The van der Waals surface area contributed by atoms with Crippen LogP contribution in [-0.2, 0) is 0 Å². The Morgan fingerprint density at radius 3 is 1.74 bits per heavy atom. The van der Waals surface area contributed by atoms with E-state index < -0.39 is 40.2 Å². The largest absolute Gasteiger partial charge is 0.207 e. The first-order valence-electron chi connectivity index (χ1n) is 5.43. The lowest BCUT2D eigenvalue weighted by atomic mass is 10.00. The molecule has 0 atom stereocenters. The fraction of sp³-hybridized carbons (Fsp3) is 0.143. The van der Waals surface area contributed by atoms with Gasteiger partial charge in [0.1, 0.15) is 5.82 Å². The monoisotopic (exact) mass is 272 g/mol. The predicted molar refractivity (Wildman–Crippen MR) is 61.1 cm³/mol. The van der Waals surface area contributed by atoms with Gasteiger partial charge in [-0.05, 0) is 31.0 Å². The van der Waals surface area contributed by atoms with Gasteiger partial charge in [0.15, 0.2) is 23.3 Å². The first kappa shape index (κ1) is 13.5. The number of aryl methyl sites for hydroxylation is 1. The van der Waals surface area contributed by atoms with E-state index >= 15 is 0 Å². The summed E-state index contributed by atoms with van der Waals surface area (Å²) in [6.45, 7) is 2.39. The standard InChI is InChI=1S/C14H9F5/c1-6-3-4-8(5-9(6)15)10-13(18)11(16)7(2)12(17)14(10)19/h3-5H,1-2H3. The molecule has 19 heavy (non-hydrogen) atoms. The van der Waals surface area contributed by atoms with Gasteiger partial charge in [0.2, 0.25) is 0 Å². The van der Waals surface area contributed by atoms with Crippen LogP contribution >= 0.6 is 0 Å². The van der Waals surface area contributed by atoms with Gasteiger partial charge in [0.25, 0.3) is 0 Å². The summed E-state index contributed by atoms with van der Waals surface area (Å²) >= 11 is 0. The summed E-state index contributed by atoms with van der Waals surface area (Å²) < 4.78 is 67.7. The first-order valence-corrected chi connectivity index (χ1v) is 5.43. The number of hydrogen-bond acceptors (Lipinski definition) is 0. The molecule has 0 aromatic heterocycles. The Morgan fingerprint density at radius 1 is 0.737 bits per heavy atom. The molecule has 0 radical (unpaired) electrons. The van der Waals surface area contributed by atoms with Gasteiger partial charge < -0.3 is 0 Å². The van der Waals surface area contributed by atoms with E-state index in [1.165, 1.54) is 19.1 Å². The van der Waals surface area contributed by atoms with Gasteiger partial charge in [-0.2, -0.15) is 0 Å². The van der Waals surface area contributed by atoms with Gasteiger partial charge >= 0.3 is 0 Å². The zero-order valence-electron chi connectivity index (χ0n) is 10.1. The molecule has 0 nitrogen and oxygen atoms in total. The maximum absolute atomic E-state index is 13.7. The van der Waals surface area contributed by atoms with Crippen molar-refractivity contribution in [3.05, 3.63) is 58.4 Å². The Kier molecular flexibility index (Phi) is 3.30. The van der Waals surface area contributed by atoms with Gasteiger partial charge in [-0.3, -0.25) is 0 Å². The lowest BCUT2D eigenvalue weighted by Gasteiger charge is -2.10. The average molecular weight is 272 g/mol. The van der Waals surface area contributed by atoms with Gasteiger partial charge in [-0.25, -0.2) is 22.0 Å². The van der Waals surface area contributed by atoms with Gasteiger partial charge in [-0.15, -0.1) is 0 Å². The van der Waals surface area contributed by atoms with Gasteiger partial charge in [-0.1, -0.05) is 12.1 Å². The molecule has 0 aliphatic carbocycles. The van der Waals surface area contributed by atoms with E-state index in [9.17, 15) is 22.0 Å². The van der Waals surface area contributed by atoms with Crippen molar-refractivity contribution in [2.45, 2.75) is 13.8 Å². The third kappa shape index (κ3) is 2.09. The molecule has 100 valence electrons. The van der Waals surface area contributed by atoms with Crippen LogP contribution in [0, 0.1) is 42.9 Å². The van der Waals surface area contributed by atoms with E-state index in [2.05, 4.69) is 0 Å². The second-order valence-electron chi connectivity index (χ2n) is 4.22. The molecule has 0 aliphatic rings. The van der Waals surface area contributed by atoms with E-state index in [1.807, 2.05) is 0 Å². The van der Waals surface area contributed by atoms with Crippen molar-refractivity contribution in [1.82, 2.24) is 0 Å². The highest BCUT2D eigenvalue weighted by Crippen LogP contribution is 2.32. The Morgan fingerprint density at radius 2 is 1.26 bits per heavy atom. The summed E-state index contributed by atoms with van der Waals surface area (Å²) in [5, 5.41) is 0. The highest BCUT2D eigenvalue weighted by molar-refractivity contribution is 5.66. The molecule has 0 amide bonds. The SMILES string of the molecule is Cc1ccc(-c2c(F)c(F)c(C)c(F)c2F)cc1F. The van der Waals surface area contributed by atoms with Crippen LogP contribution in [0.5, 0.6) is 0 Å². The normalized spacial score (nSPS) is 10.9. The molecule has 5 heteroatoms. The predicted octanol–water partition coefficient (Wildman–Crippen LogP) is 4.67. The van der Waals surface area contributed by atoms with Crippen molar-refractivity contribution in [3.8, 4) is 11.1 Å². The molecule has 0 heterocycles. The quantitative estimate of drug-likeness (QED) is 0.523. The molecule has 0 saturated heterocycles. The van der Waals surface area contributed by atoms with Crippen molar-refractivity contribution in [2.24, 2.45) is 0 Å². The van der Waals surface area contributed by atoms with E-state index in [0.717, 1.165) is 13.0 Å². The lowest BCUT2D eigenvalue weighted by molar-refractivity contribution is 0.449. The van der Waals surface area contributed by atoms with Gasteiger partial charge in [0.05, 0.1) is 5.56 Å². The van der Waals surface area contributed by atoms with Crippen LogP contribution in [0.15, 0.2) is 18.2 Å². The third-order valence-electron chi connectivity index (χ3n) is 2.94. The van der Waals surface area contributed by atoms with Crippen LogP contribution in [0.2, 0.25) is 0 Å². The summed E-state index contributed by atoms with van der Waals surface area (Å²) in [5.74, 6) is -6.72. The van der Waals surface area contributed by atoms with Crippen LogP contribution in [0.3, 0.4) is 0 Å². The van der Waals surface area contributed by atoms with Crippen molar-refractivity contribution >= 4 is 0 Å². The van der Waals surface area contributed by atoms with Crippen molar-refractivity contribution in [2.75, 3.05) is 0 Å². The second-order valence-corrected chi connectivity index (χ2v) is 4.22. The Labute approximate surface area is 106 Å². The fourth-order valence-electron chi connectivity index (χ4n) is 1.74. The van der Waals surface area contributed by atoms with Crippen LogP contribution in [-0.4, -0.2) is 0 Å². The molecule has 0 fully saturated rings. The molecule has 0 saturated carbocycles. The number of rotatable bonds is 1. The van der Waals surface area contributed by atoms with E-state index in [1.54, 1.807) is 0 Å². The summed E-state index contributed by atoms with van der Waals surface area (Å²) in [6.07, 6.45) is 0. The second kappa shape index (κ2) is 4.64.